The number of furan rings is 1. The normalized spacial score (nSPS) is 10.8. The molecule has 0 N–H and O–H groups in total. The summed E-state index contributed by atoms with van der Waals surface area (Å²) < 4.78 is 11.9. The summed E-state index contributed by atoms with van der Waals surface area (Å²) in [4.78, 5) is 10.4. The van der Waals surface area contributed by atoms with E-state index in [1.165, 1.54) is 0 Å². The van der Waals surface area contributed by atoms with E-state index in [9.17, 15) is 4.79 Å². The van der Waals surface area contributed by atoms with Gasteiger partial charge in [0.05, 0.1) is 7.11 Å². The molecule has 0 unspecified atom stereocenters. The molecule has 4 heteroatoms. The Labute approximate surface area is 108 Å². The van der Waals surface area contributed by atoms with Gasteiger partial charge in [0.2, 0.25) is 0 Å². The Morgan fingerprint density at radius 3 is 2.88 bits per heavy atom. The maximum atomic E-state index is 10.4. The lowest BCUT2D eigenvalue weighted by atomic mass is 10.1. The molecule has 2 aromatic rings. The second-order valence-electron chi connectivity index (χ2n) is 3.86. The van der Waals surface area contributed by atoms with E-state index < -0.39 is 0 Å². The summed E-state index contributed by atoms with van der Waals surface area (Å²) >= 11 is 3.56. The third kappa shape index (κ3) is 2.22. The molecular formula is C13H13BrO3. The largest absolute Gasteiger partial charge is 0.493 e. The molecule has 0 bridgehead atoms. The number of halogens is 1. The highest BCUT2D eigenvalue weighted by molar-refractivity contribution is 9.10. The van der Waals surface area contributed by atoms with Crippen LogP contribution in [0, 0.1) is 6.92 Å². The second-order valence-corrected chi connectivity index (χ2v) is 4.65. The van der Waals surface area contributed by atoms with Crippen LogP contribution in [-0.2, 0) is 11.2 Å². The minimum absolute atomic E-state index is 0.504. The summed E-state index contributed by atoms with van der Waals surface area (Å²) in [6.45, 7) is 1.90. The third-order valence-electron chi connectivity index (χ3n) is 2.65. The lowest BCUT2D eigenvalue weighted by Gasteiger charge is -2.07. The van der Waals surface area contributed by atoms with Gasteiger partial charge in [-0.05, 0) is 47.0 Å². The number of hydrogen-bond acceptors (Lipinski definition) is 3. The van der Waals surface area contributed by atoms with Crippen molar-refractivity contribution in [3.8, 4) is 5.75 Å². The first-order chi connectivity index (χ1) is 8.17. The highest BCUT2D eigenvalue weighted by Gasteiger charge is 2.14. The van der Waals surface area contributed by atoms with Gasteiger partial charge < -0.3 is 13.9 Å². The molecule has 0 aliphatic rings. The molecule has 0 spiro atoms. The van der Waals surface area contributed by atoms with Gasteiger partial charge in [0.15, 0.2) is 11.3 Å². The van der Waals surface area contributed by atoms with E-state index in [1.54, 1.807) is 7.11 Å². The summed E-state index contributed by atoms with van der Waals surface area (Å²) in [5.41, 5.74) is 1.80. The lowest BCUT2D eigenvalue weighted by Crippen LogP contribution is -1.92. The zero-order chi connectivity index (χ0) is 12.4. The van der Waals surface area contributed by atoms with E-state index in [4.69, 9.17) is 9.15 Å². The topological polar surface area (TPSA) is 39.4 Å². The number of fused-ring (bicyclic) bond motifs is 1. The smallest absolute Gasteiger partial charge is 0.177 e. The Bertz CT molecular complexity index is 557. The minimum Gasteiger partial charge on any atom is -0.493 e. The summed E-state index contributed by atoms with van der Waals surface area (Å²) in [5.74, 6) is 1.55. The van der Waals surface area contributed by atoms with Crippen molar-refractivity contribution in [1.82, 2.24) is 0 Å². The predicted molar refractivity (Wildman–Crippen MR) is 69.6 cm³/mol. The first kappa shape index (κ1) is 12.2. The van der Waals surface area contributed by atoms with Crippen molar-refractivity contribution in [3.63, 3.8) is 0 Å². The van der Waals surface area contributed by atoms with Crippen molar-refractivity contribution in [3.05, 3.63) is 27.9 Å². The van der Waals surface area contributed by atoms with E-state index in [0.29, 0.717) is 18.6 Å². The van der Waals surface area contributed by atoms with Crippen LogP contribution in [-0.4, -0.2) is 13.4 Å². The van der Waals surface area contributed by atoms with Crippen molar-refractivity contribution in [2.24, 2.45) is 0 Å². The molecule has 1 aromatic heterocycles. The van der Waals surface area contributed by atoms with Crippen LogP contribution in [0.1, 0.15) is 17.7 Å². The number of aldehydes is 1. The van der Waals surface area contributed by atoms with Gasteiger partial charge in [-0.3, -0.25) is 0 Å². The van der Waals surface area contributed by atoms with Gasteiger partial charge in [0.25, 0.3) is 0 Å². The number of rotatable bonds is 4. The zero-order valence-electron chi connectivity index (χ0n) is 9.75. The molecule has 0 saturated carbocycles. The molecule has 0 amide bonds. The number of carbonyl (C=O) groups excluding carboxylic acids is 1. The Kier molecular flexibility index (Phi) is 3.52. The first-order valence-electron chi connectivity index (χ1n) is 5.36. The number of hydrogen-bond donors (Lipinski definition) is 0. The molecule has 3 nitrogen and oxygen atoms in total. The van der Waals surface area contributed by atoms with Gasteiger partial charge in [0.1, 0.15) is 12.0 Å². The van der Waals surface area contributed by atoms with Crippen molar-refractivity contribution in [2.75, 3.05) is 7.11 Å². The molecule has 0 radical (unpaired) electrons. The van der Waals surface area contributed by atoms with Crippen molar-refractivity contribution < 1.29 is 13.9 Å². The maximum Gasteiger partial charge on any atom is 0.177 e. The van der Waals surface area contributed by atoms with Crippen LogP contribution in [0.3, 0.4) is 0 Å². The number of methoxy groups -OCH3 is 1. The average Bonchev–Trinajstić information content (AvgIpc) is 2.71. The van der Waals surface area contributed by atoms with E-state index in [1.807, 2.05) is 19.1 Å². The Morgan fingerprint density at radius 2 is 2.24 bits per heavy atom. The summed E-state index contributed by atoms with van der Waals surface area (Å²) in [7, 11) is 1.62. The van der Waals surface area contributed by atoms with Gasteiger partial charge in [0, 0.05) is 16.3 Å². The van der Waals surface area contributed by atoms with Crippen molar-refractivity contribution >= 4 is 33.2 Å². The fraction of sp³-hybridized carbons (Fsp3) is 0.308. The number of aryl methyl sites for hydroxylation is 2. The Balaban J connectivity index is 2.61. The molecule has 1 aromatic carbocycles. The van der Waals surface area contributed by atoms with Crippen LogP contribution in [0.15, 0.2) is 21.0 Å². The Hall–Kier alpha value is -1.29. The molecule has 0 atom stereocenters. The lowest BCUT2D eigenvalue weighted by molar-refractivity contribution is -0.107. The van der Waals surface area contributed by atoms with Gasteiger partial charge >= 0.3 is 0 Å². The fourth-order valence-corrected chi connectivity index (χ4v) is 2.48. The third-order valence-corrected chi connectivity index (χ3v) is 3.59. The molecule has 0 aliphatic heterocycles. The van der Waals surface area contributed by atoms with Gasteiger partial charge in [-0.15, -0.1) is 0 Å². The molecule has 17 heavy (non-hydrogen) atoms. The minimum atomic E-state index is 0.504. The van der Waals surface area contributed by atoms with Crippen LogP contribution < -0.4 is 4.74 Å². The van der Waals surface area contributed by atoms with Gasteiger partial charge in [-0.25, -0.2) is 0 Å². The molecule has 1 heterocycles. The van der Waals surface area contributed by atoms with E-state index in [-0.39, 0.29) is 0 Å². The molecule has 0 saturated heterocycles. The monoisotopic (exact) mass is 296 g/mol. The van der Waals surface area contributed by atoms with E-state index >= 15 is 0 Å². The molecule has 0 aliphatic carbocycles. The number of ether oxygens (including phenoxy) is 1. The van der Waals surface area contributed by atoms with E-state index in [0.717, 1.165) is 33.1 Å². The fourth-order valence-electron chi connectivity index (χ4n) is 1.87. The summed E-state index contributed by atoms with van der Waals surface area (Å²) in [5, 5.41) is 0.989. The van der Waals surface area contributed by atoms with Gasteiger partial charge in [-0.2, -0.15) is 0 Å². The quantitative estimate of drug-likeness (QED) is 0.809. The van der Waals surface area contributed by atoms with Crippen LogP contribution >= 0.6 is 15.9 Å². The standard InChI is InChI=1S/C13H13BrO3/c1-8-6-10-12(14)9(4-3-5-15)7-11(16-2)13(10)17-8/h5-7H,3-4H2,1-2H3. The van der Waals surface area contributed by atoms with Crippen LogP contribution in [0.25, 0.3) is 11.0 Å². The maximum absolute atomic E-state index is 10.4. The molecule has 0 fully saturated rings. The highest BCUT2D eigenvalue weighted by Crippen LogP contribution is 2.37. The second kappa shape index (κ2) is 4.92. The molecule has 2 rings (SSSR count). The van der Waals surface area contributed by atoms with Crippen molar-refractivity contribution in [1.29, 1.82) is 0 Å². The van der Waals surface area contributed by atoms with Crippen LogP contribution in [0.4, 0.5) is 0 Å². The first-order valence-corrected chi connectivity index (χ1v) is 6.15. The highest BCUT2D eigenvalue weighted by atomic mass is 79.9. The van der Waals surface area contributed by atoms with E-state index in [2.05, 4.69) is 15.9 Å². The Morgan fingerprint density at radius 1 is 1.47 bits per heavy atom. The van der Waals surface area contributed by atoms with Gasteiger partial charge in [-0.1, -0.05) is 0 Å². The number of benzene rings is 1. The molecular weight excluding hydrogens is 284 g/mol. The summed E-state index contributed by atoms with van der Waals surface area (Å²) in [6.07, 6.45) is 2.12. The molecule has 90 valence electrons. The van der Waals surface area contributed by atoms with Crippen molar-refractivity contribution in [2.45, 2.75) is 19.8 Å². The number of carbonyl (C=O) groups is 1. The van der Waals surface area contributed by atoms with Crippen LogP contribution in [0.2, 0.25) is 0 Å². The zero-order valence-corrected chi connectivity index (χ0v) is 11.3. The predicted octanol–water partition coefficient (Wildman–Crippen LogP) is 3.64. The average molecular weight is 297 g/mol. The SMILES string of the molecule is COc1cc(CCC=O)c(Br)c2cc(C)oc12. The van der Waals surface area contributed by atoms with Crippen LogP contribution in [0.5, 0.6) is 5.75 Å². The summed E-state index contributed by atoms with van der Waals surface area (Å²) in [6, 6.07) is 3.88.